The summed E-state index contributed by atoms with van der Waals surface area (Å²) < 4.78 is 0. The molecule has 0 aliphatic heterocycles. The van der Waals surface area contributed by atoms with Crippen LogP contribution in [0.15, 0.2) is 18.2 Å². The molecular weight excluding hydrogens is 287 g/mol. The molecular formula is C8H11Cl2NPd. The molecule has 0 saturated heterocycles. The number of anilines is 1. The molecule has 0 aromatic heterocycles. The van der Waals surface area contributed by atoms with E-state index < -0.39 is 0 Å². The van der Waals surface area contributed by atoms with E-state index in [4.69, 9.17) is 24.8 Å². The second-order valence-electron chi connectivity index (χ2n) is 2.33. The maximum atomic E-state index is 5.62. The van der Waals surface area contributed by atoms with Crippen LogP contribution in [0.1, 0.15) is 11.1 Å². The zero-order valence-corrected chi connectivity index (χ0v) is 9.95. The van der Waals surface area contributed by atoms with E-state index in [0.717, 1.165) is 5.69 Å². The summed E-state index contributed by atoms with van der Waals surface area (Å²) in [5, 5.41) is 0. The van der Waals surface area contributed by atoms with Crippen LogP contribution in [0, 0.1) is 13.8 Å². The van der Waals surface area contributed by atoms with Gasteiger partial charge in [0.05, 0.1) is 0 Å². The van der Waals surface area contributed by atoms with E-state index in [1.165, 1.54) is 11.1 Å². The van der Waals surface area contributed by atoms with Crippen LogP contribution in [0.25, 0.3) is 0 Å². The van der Waals surface area contributed by atoms with Gasteiger partial charge in [-0.15, -0.1) is 0 Å². The minimum absolute atomic E-state index is 0.106. The van der Waals surface area contributed by atoms with E-state index in [1.54, 1.807) is 0 Å². The van der Waals surface area contributed by atoms with Crippen molar-refractivity contribution in [3.8, 4) is 0 Å². The topological polar surface area (TPSA) is 26.0 Å². The van der Waals surface area contributed by atoms with Gasteiger partial charge < -0.3 is 5.73 Å². The first-order valence-corrected chi connectivity index (χ1v) is 7.28. The number of hydrogen-bond donors (Lipinski definition) is 1. The molecule has 12 heavy (non-hydrogen) atoms. The van der Waals surface area contributed by atoms with Crippen LogP contribution in [0.4, 0.5) is 5.69 Å². The third-order valence-corrected chi connectivity index (χ3v) is 1.65. The Morgan fingerprint density at radius 3 is 2.08 bits per heavy atom. The van der Waals surface area contributed by atoms with E-state index in [0.29, 0.717) is 0 Å². The molecule has 2 N–H and O–H groups in total. The van der Waals surface area contributed by atoms with Gasteiger partial charge >= 0.3 is 35.0 Å². The summed E-state index contributed by atoms with van der Waals surface area (Å²) in [5.74, 6) is 0. The van der Waals surface area contributed by atoms with Crippen molar-refractivity contribution in [2.45, 2.75) is 13.8 Å². The molecule has 0 amide bonds. The van der Waals surface area contributed by atoms with E-state index in [2.05, 4.69) is 13.0 Å². The normalized spacial score (nSPS) is 9.00. The van der Waals surface area contributed by atoms with Crippen LogP contribution in [0.3, 0.4) is 0 Å². The SMILES string of the molecule is Cc1cccc(N)c1C.[Cl][Pd][Cl]. The van der Waals surface area contributed by atoms with Crippen LogP contribution < -0.4 is 5.73 Å². The van der Waals surface area contributed by atoms with Crippen LogP contribution in [0.5, 0.6) is 0 Å². The fourth-order valence-electron chi connectivity index (χ4n) is 0.774. The Balaban J connectivity index is 0.000000354. The number of rotatable bonds is 0. The Morgan fingerprint density at radius 1 is 1.25 bits per heavy atom. The predicted octanol–water partition coefficient (Wildman–Crippen LogP) is 3.26. The minimum atomic E-state index is -0.106. The summed E-state index contributed by atoms with van der Waals surface area (Å²) in [4.78, 5) is 0. The van der Waals surface area contributed by atoms with Crippen molar-refractivity contribution >= 4 is 24.7 Å². The van der Waals surface area contributed by atoms with Gasteiger partial charge in [-0.3, -0.25) is 0 Å². The molecule has 72 valence electrons. The number of aryl methyl sites for hydroxylation is 1. The van der Waals surface area contributed by atoms with Gasteiger partial charge in [-0.2, -0.15) is 0 Å². The number of nitrogen functional groups attached to an aromatic ring is 1. The van der Waals surface area contributed by atoms with Crippen molar-refractivity contribution in [3.05, 3.63) is 29.3 Å². The fraction of sp³-hybridized carbons (Fsp3) is 0.250. The summed E-state index contributed by atoms with van der Waals surface area (Å²) in [7, 11) is 9.63. The third-order valence-electron chi connectivity index (χ3n) is 1.65. The van der Waals surface area contributed by atoms with Crippen molar-refractivity contribution in [2.24, 2.45) is 0 Å². The number of halogens is 2. The van der Waals surface area contributed by atoms with E-state index in [9.17, 15) is 0 Å². The molecule has 0 heterocycles. The first kappa shape index (κ1) is 12.3. The van der Waals surface area contributed by atoms with E-state index >= 15 is 0 Å². The molecule has 1 rings (SSSR count). The van der Waals surface area contributed by atoms with Gasteiger partial charge in [0, 0.05) is 5.69 Å². The summed E-state index contributed by atoms with van der Waals surface area (Å²) in [5.41, 5.74) is 8.96. The van der Waals surface area contributed by atoms with Crippen molar-refractivity contribution in [2.75, 3.05) is 5.73 Å². The molecule has 0 bridgehead atoms. The molecule has 1 aromatic carbocycles. The Labute approximate surface area is 89.3 Å². The second-order valence-corrected chi connectivity index (χ2v) is 4.69. The zero-order valence-electron chi connectivity index (χ0n) is 6.88. The van der Waals surface area contributed by atoms with E-state index in [-0.39, 0.29) is 15.9 Å². The van der Waals surface area contributed by atoms with Gasteiger partial charge in [0.2, 0.25) is 0 Å². The number of hydrogen-bond acceptors (Lipinski definition) is 1. The van der Waals surface area contributed by atoms with Crippen LogP contribution in [0.2, 0.25) is 0 Å². The molecule has 0 spiro atoms. The summed E-state index contributed by atoms with van der Waals surface area (Å²) in [6.07, 6.45) is 0. The average molecular weight is 299 g/mol. The standard InChI is InChI=1S/C8H11N.2ClH.Pd/c1-6-4-3-5-8(9)7(6)2;;;/h3-5H,9H2,1-2H3;2*1H;/q;;;+2/p-2. The molecule has 4 heteroatoms. The molecule has 0 atom stereocenters. The molecule has 0 fully saturated rings. The monoisotopic (exact) mass is 297 g/mol. The Bertz CT molecular complexity index is 220. The Morgan fingerprint density at radius 2 is 1.75 bits per heavy atom. The Hall–Kier alpha value is 0.262. The molecule has 0 aliphatic carbocycles. The maximum absolute atomic E-state index is 5.62. The molecule has 0 aliphatic rings. The average Bonchev–Trinajstić information content (AvgIpc) is 2.02. The number of nitrogens with two attached hydrogens (primary N) is 1. The number of benzene rings is 1. The van der Waals surface area contributed by atoms with Crippen molar-refractivity contribution in [3.63, 3.8) is 0 Å². The van der Waals surface area contributed by atoms with Gasteiger partial charge in [0.25, 0.3) is 0 Å². The summed E-state index contributed by atoms with van der Waals surface area (Å²) >= 11 is -0.106. The van der Waals surface area contributed by atoms with Gasteiger partial charge in [-0.1, -0.05) is 12.1 Å². The first-order chi connectivity index (χ1) is 5.63. The van der Waals surface area contributed by atoms with E-state index in [1.807, 2.05) is 19.1 Å². The van der Waals surface area contributed by atoms with Gasteiger partial charge in [0.1, 0.15) is 0 Å². The van der Waals surface area contributed by atoms with Gasteiger partial charge in [-0.05, 0) is 31.0 Å². The molecule has 0 saturated carbocycles. The second kappa shape index (κ2) is 6.74. The van der Waals surface area contributed by atoms with Crippen molar-refractivity contribution in [1.82, 2.24) is 0 Å². The first-order valence-electron chi connectivity index (χ1n) is 3.27. The van der Waals surface area contributed by atoms with Crippen LogP contribution in [-0.2, 0) is 15.9 Å². The third kappa shape index (κ3) is 4.33. The quantitative estimate of drug-likeness (QED) is 0.577. The Kier molecular flexibility index (Phi) is 6.89. The summed E-state index contributed by atoms with van der Waals surface area (Å²) in [6.45, 7) is 4.09. The molecule has 0 radical (unpaired) electrons. The van der Waals surface area contributed by atoms with Crippen LogP contribution in [-0.4, -0.2) is 0 Å². The van der Waals surface area contributed by atoms with Crippen molar-refractivity contribution in [1.29, 1.82) is 0 Å². The zero-order chi connectivity index (χ0) is 9.56. The van der Waals surface area contributed by atoms with Gasteiger partial charge in [0.15, 0.2) is 0 Å². The van der Waals surface area contributed by atoms with Crippen LogP contribution >= 0.6 is 19.1 Å². The fourth-order valence-corrected chi connectivity index (χ4v) is 0.774. The van der Waals surface area contributed by atoms with Crippen molar-refractivity contribution < 1.29 is 15.9 Å². The molecule has 0 unspecified atom stereocenters. The predicted molar refractivity (Wildman–Crippen MR) is 52.0 cm³/mol. The molecule has 1 aromatic rings. The molecule has 1 nitrogen and oxygen atoms in total. The summed E-state index contributed by atoms with van der Waals surface area (Å²) in [6, 6.07) is 5.95. The van der Waals surface area contributed by atoms with Gasteiger partial charge in [-0.25, -0.2) is 0 Å².